The van der Waals surface area contributed by atoms with Gasteiger partial charge in [-0.25, -0.2) is 0 Å². The first-order chi connectivity index (χ1) is 6.27. The standard InChI is InChI=1S/C13H16/c1-4-7-11(3)13-9-6-8-12(5-2)10-13/h4,6-10H,3,5H2,1-2H3/b7-4-. The Bertz CT molecular complexity index is 319. The van der Waals surface area contributed by atoms with Gasteiger partial charge in [-0.2, -0.15) is 0 Å². The van der Waals surface area contributed by atoms with Gasteiger partial charge in [-0.15, -0.1) is 0 Å². The second kappa shape index (κ2) is 4.66. The molecule has 0 nitrogen and oxygen atoms in total. The first-order valence-corrected chi connectivity index (χ1v) is 4.68. The lowest BCUT2D eigenvalue weighted by Gasteiger charge is -2.02. The monoisotopic (exact) mass is 172 g/mol. The van der Waals surface area contributed by atoms with Crippen LogP contribution in [0.3, 0.4) is 0 Å². The Balaban J connectivity index is 2.94. The van der Waals surface area contributed by atoms with Gasteiger partial charge >= 0.3 is 0 Å². The highest BCUT2D eigenvalue weighted by atomic mass is 14.0. The Labute approximate surface area is 80.6 Å². The third-order valence-corrected chi connectivity index (χ3v) is 2.07. The van der Waals surface area contributed by atoms with Crippen LogP contribution in [0.1, 0.15) is 25.0 Å². The third kappa shape index (κ3) is 2.59. The first kappa shape index (κ1) is 9.79. The molecule has 0 atom stereocenters. The lowest BCUT2D eigenvalue weighted by molar-refractivity contribution is 1.14. The van der Waals surface area contributed by atoms with E-state index in [1.807, 2.05) is 19.1 Å². The van der Waals surface area contributed by atoms with E-state index in [2.05, 4.69) is 37.8 Å². The fraction of sp³-hybridized carbons (Fsp3) is 0.231. The van der Waals surface area contributed by atoms with Crippen LogP contribution in [0.4, 0.5) is 0 Å². The predicted octanol–water partition coefficient (Wildman–Crippen LogP) is 3.84. The summed E-state index contributed by atoms with van der Waals surface area (Å²) in [6.07, 6.45) is 5.13. The molecule has 0 saturated heterocycles. The molecule has 0 heterocycles. The molecule has 0 N–H and O–H groups in total. The van der Waals surface area contributed by atoms with Crippen LogP contribution in [0, 0.1) is 0 Å². The molecule has 0 aromatic heterocycles. The third-order valence-electron chi connectivity index (χ3n) is 2.07. The van der Waals surface area contributed by atoms with Crippen LogP contribution >= 0.6 is 0 Å². The van der Waals surface area contributed by atoms with Crippen molar-refractivity contribution in [1.82, 2.24) is 0 Å². The molecule has 1 aromatic carbocycles. The Hall–Kier alpha value is -1.30. The molecule has 0 spiro atoms. The van der Waals surface area contributed by atoms with Gasteiger partial charge in [0.05, 0.1) is 0 Å². The van der Waals surface area contributed by atoms with E-state index in [1.165, 1.54) is 11.1 Å². The van der Waals surface area contributed by atoms with E-state index in [0.29, 0.717) is 0 Å². The average molecular weight is 172 g/mol. The van der Waals surface area contributed by atoms with Gasteiger partial charge in [0.15, 0.2) is 0 Å². The van der Waals surface area contributed by atoms with Gasteiger partial charge < -0.3 is 0 Å². The van der Waals surface area contributed by atoms with Crippen molar-refractivity contribution in [3.05, 3.63) is 54.1 Å². The summed E-state index contributed by atoms with van der Waals surface area (Å²) < 4.78 is 0. The quantitative estimate of drug-likeness (QED) is 0.608. The summed E-state index contributed by atoms with van der Waals surface area (Å²) in [6.45, 7) is 8.18. The average Bonchev–Trinajstić information content (AvgIpc) is 2.18. The minimum atomic E-state index is 1.08. The van der Waals surface area contributed by atoms with E-state index in [1.54, 1.807) is 0 Å². The second-order valence-corrected chi connectivity index (χ2v) is 3.08. The lowest BCUT2D eigenvalue weighted by Crippen LogP contribution is -1.83. The van der Waals surface area contributed by atoms with Crippen LogP contribution in [-0.2, 0) is 6.42 Å². The lowest BCUT2D eigenvalue weighted by atomic mass is 10.0. The Morgan fingerprint density at radius 3 is 2.85 bits per heavy atom. The van der Waals surface area contributed by atoms with E-state index >= 15 is 0 Å². The van der Waals surface area contributed by atoms with Crippen LogP contribution in [0.15, 0.2) is 43.0 Å². The molecular formula is C13H16. The smallest absolute Gasteiger partial charge is 0.0187 e. The number of benzene rings is 1. The van der Waals surface area contributed by atoms with Gasteiger partial charge in [-0.05, 0) is 30.0 Å². The van der Waals surface area contributed by atoms with Crippen molar-refractivity contribution in [2.45, 2.75) is 20.3 Å². The van der Waals surface area contributed by atoms with Gasteiger partial charge in [0.2, 0.25) is 0 Å². The van der Waals surface area contributed by atoms with E-state index in [9.17, 15) is 0 Å². The summed E-state index contributed by atoms with van der Waals surface area (Å²) in [5, 5.41) is 0. The van der Waals surface area contributed by atoms with Crippen LogP contribution in [0.2, 0.25) is 0 Å². The van der Waals surface area contributed by atoms with E-state index < -0.39 is 0 Å². The fourth-order valence-corrected chi connectivity index (χ4v) is 1.29. The van der Waals surface area contributed by atoms with Crippen molar-refractivity contribution in [1.29, 1.82) is 0 Å². The highest BCUT2D eigenvalue weighted by Crippen LogP contribution is 2.15. The van der Waals surface area contributed by atoms with E-state index in [4.69, 9.17) is 0 Å². The maximum Gasteiger partial charge on any atom is -0.0187 e. The predicted molar refractivity (Wildman–Crippen MR) is 59.7 cm³/mol. The molecule has 0 aliphatic heterocycles. The second-order valence-electron chi connectivity index (χ2n) is 3.08. The molecule has 68 valence electrons. The molecule has 0 aliphatic rings. The Morgan fingerprint density at radius 1 is 1.46 bits per heavy atom. The van der Waals surface area contributed by atoms with Gasteiger partial charge in [0.25, 0.3) is 0 Å². The highest BCUT2D eigenvalue weighted by molar-refractivity contribution is 5.72. The normalized spacial score (nSPS) is 10.6. The molecule has 0 amide bonds. The van der Waals surface area contributed by atoms with Crippen LogP contribution in [0.5, 0.6) is 0 Å². The summed E-state index contributed by atoms with van der Waals surface area (Å²) in [5.41, 5.74) is 3.67. The van der Waals surface area contributed by atoms with Crippen molar-refractivity contribution in [2.75, 3.05) is 0 Å². The van der Waals surface area contributed by atoms with Crippen LogP contribution in [-0.4, -0.2) is 0 Å². The Morgan fingerprint density at radius 2 is 2.23 bits per heavy atom. The topological polar surface area (TPSA) is 0 Å². The number of allylic oxidation sites excluding steroid dienone is 3. The molecule has 0 saturated carbocycles. The zero-order valence-corrected chi connectivity index (χ0v) is 8.38. The molecule has 0 heteroatoms. The minimum Gasteiger partial charge on any atom is -0.0912 e. The number of hydrogen-bond acceptors (Lipinski definition) is 0. The Kier molecular flexibility index (Phi) is 3.51. The molecule has 0 fully saturated rings. The molecular weight excluding hydrogens is 156 g/mol. The van der Waals surface area contributed by atoms with Crippen molar-refractivity contribution in [3.8, 4) is 0 Å². The zero-order valence-electron chi connectivity index (χ0n) is 8.38. The summed E-state index contributed by atoms with van der Waals surface area (Å²) >= 11 is 0. The van der Waals surface area contributed by atoms with Gasteiger partial charge in [-0.3, -0.25) is 0 Å². The zero-order chi connectivity index (χ0) is 9.68. The first-order valence-electron chi connectivity index (χ1n) is 4.68. The van der Waals surface area contributed by atoms with E-state index in [-0.39, 0.29) is 0 Å². The summed E-state index contributed by atoms with van der Waals surface area (Å²) in [5.74, 6) is 0. The van der Waals surface area contributed by atoms with Crippen molar-refractivity contribution in [2.24, 2.45) is 0 Å². The molecule has 0 bridgehead atoms. The minimum absolute atomic E-state index is 1.08. The number of aryl methyl sites for hydroxylation is 1. The summed E-state index contributed by atoms with van der Waals surface area (Å²) in [6, 6.07) is 8.53. The molecule has 0 radical (unpaired) electrons. The van der Waals surface area contributed by atoms with Crippen LogP contribution in [0.25, 0.3) is 5.57 Å². The maximum atomic E-state index is 4.00. The molecule has 1 aromatic rings. The maximum absolute atomic E-state index is 4.00. The van der Waals surface area contributed by atoms with E-state index in [0.717, 1.165) is 12.0 Å². The highest BCUT2D eigenvalue weighted by Gasteiger charge is 1.95. The molecule has 0 aliphatic carbocycles. The van der Waals surface area contributed by atoms with Gasteiger partial charge in [-0.1, -0.05) is 49.9 Å². The van der Waals surface area contributed by atoms with Gasteiger partial charge in [0.1, 0.15) is 0 Å². The van der Waals surface area contributed by atoms with Crippen LogP contribution < -0.4 is 0 Å². The summed E-state index contributed by atoms with van der Waals surface area (Å²) in [4.78, 5) is 0. The molecule has 1 rings (SSSR count). The fourth-order valence-electron chi connectivity index (χ4n) is 1.29. The number of hydrogen-bond donors (Lipinski definition) is 0. The van der Waals surface area contributed by atoms with Crippen molar-refractivity contribution in [3.63, 3.8) is 0 Å². The molecule has 13 heavy (non-hydrogen) atoms. The largest absolute Gasteiger partial charge is 0.0912 e. The van der Waals surface area contributed by atoms with Crippen molar-refractivity contribution < 1.29 is 0 Å². The van der Waals surface area contributed by atoms with Gasteiger partial charge in [0, 0.05) is 0 Å². The summed E-state index contributed by atoms with van der Waals surface area (Å²) in [7, 11) is 0. The SMILES string of the molecule is C=C(/C=C\C)c1cccc(CC)c1. The number of rotatable bonds is 3. The molecule has 0 unspecified atom stereocenters. The van der Waals surface area contributed by atoms with Crippen molar-refractivity contribution >= 4 is 5.57 Å².